The maximum atomic E-state index is 12.0. The molecule has 4 nitrogen and oxygen atoms in total. The van der Waals surface area contributed by atoms with E-state index in [9.17, 15) is 19.8 Å². The van der Waals surface area contributed by atoms with Gasteiger partial charge in [-0.2, -0.15) is 0 Å². The predicted molar refractivity (Wildman–Crippen MR) is 158 cm³/mol. The van der Waals surface area contributed by atoms with Crippen molar-refractivity contribution in [2.24, 2.45) is 17.3 Å². The Balaban J connectivity index is 3.90. The van der Waals surface area contributed by atoms with Crippen LogP contribution in [0.1, 0.15) is 182 Å². The Labute approximate surface area is 230 Å². The molecule has 0 aliphatic rings. The van der Waals surface area contributed by atoms with Crippen molar-refractivity contribution in [1.29, 1.82) is 0 Å². The average Bonchev–Trinajstić information content (AvgIpc) is 2.83. The number of rotatable bonds is 28. The van der Waals surface area contributed by atoms with Gasteiger partial charge in [0.2, 0.25) is 0 Å². The first-order valence-electron chi connectivity index (χ1n) is 16.2. The van der Waals surface area contributed by atoms with Crippen molar-refractivity contribution in [3.8, 4) is 0 Å². The van der Waals surface area contributed by atoms with E-state index in [4.69, 9.17) is 0 Å². The molecular weight excluding hydrogens is 460 g/mol. The number of carbonyl (C=O) groups is 2. The minimum absolute atomic E-state index is 0.268. The highest BCUT2D eigenvalue weighted by Crippen LogP contribution is 2.33. The molecule has 37 heavy (non-hydrogen) atoms. The van der Waals surface area contributed by atoms with E-state index >= 15 is 0 Å². The van der Waals surface area contributed by atoms with Gasteiger partial charge in [0.1, 0.15) is 0 Å². The van der Waals surface area contributed by atoms with Gasteiger partial charge in [-0.25, -0.2) is 0 Å². The van der Waals surface area contributed by atoms with Crippen molar-refractivity contribution in [2.75, 3.05) is 0 Å². The smallest absolute Gasteiger partial charge is 0.321 e. The molecule has 0 amide bonds. The van der Waals surface area contributed by atoms with Crippen molar-refractivity contribution in [3.05, 3.63) is 0 Å². The van der Waals surface area contributed by atoms with Crippen molar-refractivity contribution in [3.63, 3.8) is 0 Å². The van der Waals surface area contributed by atoms with Crippen LogP contribution in [0.25, 0.3) is 0 Å². The first kappa shape index (κ1) is 35.9. The van der Waals surface area contributed by atoms with Gasteiger partial charge in [-0.3, -0.25) is 9.59 Å². The maximum Gasteiger partial charge on any atom is 0.321 e. The number of unbranched alkanes of at least 4 members (excludes halogenated alkanes) is 18. The Morgan fingerprint density at radius 2 is 0.649 bits per heavy atom. The fourth-order valence-corrected chi connectivity index (χ4v) is 5.43. The first-order valence-corrected chi connectivity index (χ1v) is 16.2. The van der Waals surface area contributed by atoms with Gasteiger partial charge < -0.3 is 10.2 Å². The summed E-state index contributed by atoms with van der Waals surface area (Å²) in [5.41, 5.74) is -1.59. The van der Waals surface area contributed by atoms with Gasteiger partial charge in [0.15, 0.2) is 5.41 Å². The van der Waals surface area contributed by atoms with Gasteiger partial charge >= 0.3 is 11.9 Å². The molecule has 0 spiro atoms. The summed E-state index contributed by atoms with van der Waals surface area (Å²) in [4.78, 5) is 24.0. The molecular formula is C33H64O4. The molecule has 0 fully saturated rings. The number of carboxylic acids is 2. The van der Waals surface area contributed by atoms with E-state index in [1.807, 2.05) is 0 Å². The molecule has 0 radical (unpaired) electrons. The molecule has 2 N–H and O–H groups in total. The Hall–Kier alpha value is -1.06. The van der Waals surface area contributed by atoms with Crippen LogP contribution < -0.4 is 0 Å². The van der Waals surface area contributed by atoms with Gasteiger partial charge in [-0.05, 0) is 24.7 Å². The normalized spacial score (nSPS) is 12.1. The molecule has 0 aromatic heterocycles. The van der Waals surface area contributed by atoms with Crippen LogP contribution in [0.5, 0.6) is 0 Å². The summed E-state index contributed by atoms with van der Waals surface area (Å²) in [6.45, 7) is 9.15. The van der Waals surface area contributed by atoms with Crippen LogP contribution in [0.4, 0.5) is 0 Å². The van der Waals surface area contributed by atoms with E-state index in [0.717, 1.165) is 37.5 Å². The van der Waals surface area contributed by atoms with Crippen molar-refractivity contribution >= 4 is 11.9 Å². The number of carboxylic acid groups (broad SMARTS) is 2. The Morgan fingerprint density at radius 1 is 0.432 bits per heavy atom. The molecule has 0 heterocycles. The molecule has 0 aromatic rings. The van der Waals surface area contributed by atoms with Crippen LogP contribution >= 0.6 is 0 Å². The largest absolute Gasteiger partial charge is 0.480 e. The van der Waals surface area contributed by atoms with Gasteiger partial charge in [0.05, 0.1) is 0 Å². The summed E-state index contributed by atoms with van der Waals surface area (Å²) < 4.78 is 0. The summed E-state index contributed by atoms with van der Waals surface area (Å²) >= 11 is 0. The molecule has 0 rings (SSSR count). The fraction of sp³-hybridized carbons (Fsp3) is 0.939. The van der Waals surface area contributed by atoms with E-state index in [1.165, 1.54) is 103 Å². The summed E-state index contributed by atoms with van der Waals surface area (Å²) in [6.07, 6.45) is 26.8. The standard InChI is InChI=1S/C33H64O4/c1-29(2)25-21-17-13-9-5-7-11-15-19-23-27-33(31(34)35,32(36)37)28-24-20-16-12-8-6-10-14-18-22-26-30(3)4/h29-30H,5-28H2,1-4H3,(H,34,35)(H,36,37). The molecule has 0 aliphatic heterocycles. The summed E-state index contributed by atoms with van der Waals surface area (Å²) in [7, 11) is 0. The third kappa shape index (κ3) is 20.6. The Bertz CT molecular complexity index is 492. The molecule has 220 valence electrons. The minimum atomic E-state index is -1.59. The van der Waals surface area contributed by atoms with Crippen LogP contribution in [0, 0.1) is 17.3 Å². The van der Waals surface area contributed by atoms with Crippen molar-refractivity contribution < 1.29 is 19.8 Å². The third-order valence-electron chi connectivity index (χ3n) is 8.09. The van der Waals surface area contributed by atoms with E-state index in [2.05, 4.69) is 27.7 Å². The third-order valence-corrected chi connectivity index (χ3v) is 8.09. The topological polar surface area (TPSA) is 74.6 Å². The minimum Gasteiger partial charge on any atom is -0.480 e. The van der Waals surface area contributed by atoms with E-state index < -0.39 is 17.4 Å². The zero-order valence-electron chi connectivity index (χ0n) is 25.3. The Kier molecular flexibility index (Phi) is 23.3. The molecule has 4 heteroatoms. The molecule has 0 saturated carbocycles. The monoisotopic (exact) mass is 524 g/mol. The summed E-state index contributed by atoms with van der Waals surface area (Å²) in [6, 6.07) is 0. The predicted octanol–water partition coefficient (Wildman–Crippen LogP) is 10.8. The maximum absolute atomic E-state index is 12.0. The lowest BCUT2D eigenvalue weighted by Gasteiger charge is -2.25. The summed E-state index contributed by atoms with van der Waals surface area (Å²) in [5.74, 6) is -0.658. The van der Waals surface area contributed by atoms with E-state index in [-0.39, 0.29) is 12.8 Å². The second kappa shape index (κ2) is 24.0. The number of aliphatic carboxylic acids is 2. The highest BCUT2D eigenvalue weighted by Gasteiger charge is 2.45. The number of hydrogen-bond donors (Lipinski definition) is 2. The molecule has 0 bridgehead atoms. The molecule has 0 aliphatic carbocycles. The number of hydrogen-bond acceptors (Lipinski definition) is 2. The second-order valence-corrected chi connectivity index (χ2v) is 12.6. The molecule has 0 saturated heterocycles. The van der Waals surface area contributed by atoms with Gasteiger partial charge in [0, 0.05) is 0 Å². The highest BCUT2D eigenvalue weighted by molar-refractivity contribution is 5.98. The van der Waals surface area contributed by atoms with Crippen LogP contribution in [-0.2, 0) is 9.59 Å². The van der Waals surface area contributed by atoms with Crippen LogP contribution in [0.15, 0.2) is 0 Å². The lowest BCUT2D eigenvalue weighted by atomic mass is 9.78. The first-order chi connectivity index (χ1) is 17.7. The second-order valence-electron chi connectivity index (χ2n) is 12.6. The average molecular weight is 525 g/mol. The van der Waals surface area contributed by atoms with Gasteiger partial charge in [-0.1, -0.05) is 169 Å². The van der Waals surface area contributed by atoms with Gasteiger partial charge in [0.25, 0.3) is 0 Å². The highest BCUT2D eigenvalue weighted by atomic mass is 16.4. The zero-order chi connectivity index (χ0) is 27.8. The molecule has 0 unspecified atom stereocenters. The SMILES string of the molecule is CC(C)CCCCCCCCCCCCC(CCCCCCCCCCCCC(C)C)(C(=O)O)C(=O)O. The van der Waals surface area contributed by atoms with Crippen LogP contribution in [0.2, 0.25) is 0 Å². The van der Waals surface area contributed by atoms with E-state index in [1.54, 1.807) is 0 Å². The quantitative estimate of drug-likeness (QED) is 0.0788. The van der Waals surface area contributed by atoms with Crippen LogP contribution in [0.3, 0.4) is 0 Å². The Morgan fingerprint density at radius 3 is 0.865 bits per heavy atom. The fourth-order valence-electron chi connectivity index (χ4n) is 5.43. The molecule has 0 atom stereocenters. The van der Waals surface area contributed by atoms with Crippen molar-refractivity contribution in [1.82, 2.24) is 0 Å². The van der Waals surface area contributed by atoms with E-state index in [0.29, 0.717) is 12.8 Å². The summed E-state index contributed by atoms with van der Waals surface area (Å²) in [5, 5.41) is 19.6. The van der Waals surface area contributed by atoms with Crippen LogP contribution in [-0.4, -0.2) is 22.2 Å². The molecule has 0 aromatic carbocycles. The lowest BCUT2D eigenvalue weighted by Crippen LogP contribution is -2.39. The zero-order valence-corrected chi connectivity index (χ0v) is 25.3. The lowest BCUT2D eigenvalue weighted by molar-refractivity contribution is -0.166. The van der Waals surface area contributed by atoms with Crippen molar-refractivity contribution in [2.45, 2.75) is 182 Å². The van der Waals surface area contributed by atoms with Gasteiger partial charge in [-0.15, -0.1) is 0 Å².